The van der Waals surface area contributed by atoms with E-state index in [2.05, 4.69) is 4.90 Å². The summed E-state index contributed by atoms with van der Waals surface area (Å²) in [4.78, 5) is 12.3. The lowest BCUT2D eigenvalue weighted by Crippen LogP contribution is -2.23. The minimum Gasteiger partial charge on any atom is -0.392 e. The van der Waals surface area contributed by atoms with Crippen LogP contribution in [-0.4, -0.2) is 36.3 Å². The first kappa shape index (κ1) is 12.8. The van der Waals surface area contributed by atoms with E-state index in [1.165, 1.54) is 12.1 Å². The van der Waals surface area contributed by atoms with Gasteiger partial charge in [-0.25, -0.2) is 0 Å². The predicted octanol–water partition coefficient (Wildman–Crippen LogP) is 1.31. The number of methoxy groups -OCH3 is 1. The van der Waals surface area contributed by atoms with Gasteiger partial charge < -0.3 is 14.7 Å². The smallest absolute Gasteiger partial charge is 0.269 e. The third kappa shape index (κ3) is 2.44. The molecule has 1 N–H and O–H groups in total. The summed E-state index contributed by atoms with van der Waals surface area (Å²) in [5, 5.41) is 20.0. The maximum atomic E-state index is 10.7. The molecule has 1 unspecified atom stereocenters. The topological polar surface area (TPSA) is 75.8 Å². The fourth-order valence-corrected chi connectivity index (χ4v) is 2.26. The number of aliphatic hydroxyl groups is 1. The van der Waals surface area contributed by atoms with Crippen molar-refractivity contribution >= 4 is 11.4 Å². The van der Waals surface area contributed by atoms with Crippen LogP contribution in [0, 0.1) is 10.1 Å². The average Bonchev–Trinajstić information content (AvgIpc) is 2.86. The molecule has 1 aliphatic heterocycles. The number of ether oxygens (including phenoxy) is 1. The minimum absolute atomic E-state index is 0.00490. The zero-order chi connectivity index (χ0) is 13.1. The third-order valence-corrected chi connectivity index (χ3v) is 3.26. The molecule has 98 valence electrons. The molecule has 18 heavy (non-hydrogen) atoms. The van der Waals surface area contributed by atoms with Crippen molar-refractivity contribution < 1.29 is 14.8 Å². The Kier molecular flexibility index (Phi) is 3.78. The monoisotopic (exact) mass is 252 g/mol. The number of nitro benzene ring substituents is 1. The van der Waals surface area contributed by atoms with Crippen LogP contribution in [0.4, 0.5) is 11.4 Å². The molecule has 1 aromatic carbocycles. The van der Waals surface area contributed by atoms with Crippen molar-refractivity contribution in [2.45, 2.75) is 19.1 Å². The normalized spacial score (nSPS) is 19.2. The SMILES string of the molecule is COC1CCN(c2ccc([N+](=O)[O-])cc2CO)C1. The Morgan fingerprint density at radius 3 is 2.94 bits per heavy atom. The zero-order valence-electron chi connectivity index (χ0n) is 10.2. The Morgan fingerprint density at radius 2 is 2.39 bits per heavy atom. The van der Waals surface area contributed by atoms with Crippen molar-refractivity contribution in [1.82, 2.24) is 0 Å². The summed E-state index contributed by atoms with van der Waals surface area (Å²) >= 11 is 0. The molecular weight excluding hydrogens is 236 g/mol. The van der Waals surface area contributed by atoms with Gasteiger partial charge in [0.25, 0.3) is 5.69 Å². The number of anilines is 1. The van der Waals surface area contributed by atoms with Gasteiger partial charge >= 0.3 is 0 Å². The summed E-state index contributed by atoms with van der Waals surface area (Å²) < 4.78 is 5.29. The van der Waals surface area contributed by atoms with E-state index < -0.39 is 4.92 Å². The van der Waals surface area contributed by atoms with Crippen LogP contribution in [0.1, 0.15) is 12.0 Å². The lowest BCUT2D eigenvalue weighted by Gasteiger charge is -2.21. The highest BCUT2D eigenvalue weighted by Gasteiger charge is 2.24. The highest BCUT2D eigenvalue weighted by atomic mass is 16.6. The van der Waals surface area contributed by atoms with Gasteiger partial charge in [0.2, 0.25) is 0 Å². The summed E-state index contributed by atoms with van der Waals surface area (Å²) in [5.74, 6) is 0. The second kappa shape index (κ2) is 5.32. The van der Waals surface area contributed by atoms with Crippen molar-refractivity contribution in [1.29, 1.82) is 0 Å². The second-order valence-electron chi connectivity index (χ2n) is 4.32. The average molecular weight is 252 g/mol. The zero-order valence-corrected chi connectivity index (χ0v) is 10.2. The molecule has 0 aromatic heterocycles. The third-order valence-electron chi connectivity index (χ3n) is 3.26. The number of benzene rings is 1. The molecule has 2 rings (SSSR count). The number of nitrogens with zero attached hydrogens (tertiary/aromatic N) is 2. The molecule has 1 fully saturated rings. The summed E-state index contributed by atoms with van der Waals surface area (Å²) in [7, 11) is 1.68. The Morgan fingerprint density at radius 1 is 1.61 bits per heavy atom. The molecule has 0 radical (unpaired) electrons. The van der Waals surface area contributed by atoms with Crippen LogP contribution in [-0.2, 0) is 11.3 Å². The van der Waals surface area contributed by atoms with Gasteiger partial charge in [-0.05, 0) is 12.5 Å². The summed E-state index contributed by atoms with van der Waals surface area (Å²) in [6, 6.07) is 4.59. The summed E-state index contributed by atoms with van der Waals surface area (Å²) in [6.45, 7) is 1.38. The fraction of sp³-hybridized carbons (Fsp3) is 0.500. The van der Waals surface area contributed by atoms with Crippen molar-refractivity contribution in [2.75, 3.05) is 25.1 Å². The van der Waals surface area contributed by atoms with E-state index >= 15 is 0 Å². The molecule has 0 saturated carbocycles. The van der Waals surface area contributed by atoms with Crippen LogP contribution in [0.5, 0.6) is 0 Å². The first-order valence-electron chi connectivity index (χ1n) is 5.81. The highest BCUT2D eigenvalue weighted by Crippen LogP contribution is 2.28. The maximum Gasteiger partial charge on any atom is 0.269 e. The van der Waals surface area contributed by atoms with E-state index in [9.17, 15) is 15.2 Å². The van der Waals surface area contributed by atoms with Crippen molar-refractivity contribution in [3.05, 3.63) is 33.9 Å². The van der Waals surface area contributed by atoms with Gasteiger partial charge in [-0.1, -0.05) is 0 Å². The number of rotatable bonds is 4. The molecule has 1 aliphatic rings. The highest BCUT2D eigenvalue weighted by molar-refractivity contribution is 5.58. The molecule has 0 spiro atoms. The molecule has 1 heterocycles. The maximum absolute atomic E-state index is 10.7. The quantitative estimate of drug-likeness (QED) is 0.646. The standard InChI is InChI=1S/C12H16N2O4/c1-18-11-4-5-13(7-11)12-3-2-10(14(16)17)6-9(12)8-15/h2-3,6,11,15H,4-5,7-8H2,1H3. The summed E-state index contributed by atoms with van der Waals surface area (Å²) in [6.07, 6.45) is 1.12. The molecule has 1 atom stereocenters. The number of hydrogen-bond acceptors (Lipinski definition) is 5. The molecular formula is C12H16N2O4. The number of non-ortho nitro benzene ring substituents is 1. The van der Waals surface area contributed by atoms with Crippen molar-refractivity contribution in [3.63, 3.8) is 0 Å². The molecule has 1 saturated heterocycles. The summed E-state index contributed by atoms with van der Waals surface area (Å²) in [5.41, 5.74) is 1.44. The second-order valence-corrected chi connectivity index (χ2v) is 4.32. The van der Waals surface area contributed by atoms with E-state index in [0.717, 1.165) is 25.2 Å². The Bertz CT molecular complexity index is 450. The first-order valence-corrected chi connectivity index (χ1v) is 5.81. The lowest BCUT2D eigenvalue weighted by atomic mass is 10.1. The van der Waals surface area contributed by atoms with Gasteiger partial charge in [-0.15, -0.1) is 0 Å². The Labute approximate surface area is 105 Å². The number of aliphatic hydroxyl groups excluding tert-OH is 1. The van der Waals surface area contributed by atoms with Gasteiger partial charge in [-0.2, -0.15) is 0 Å². The van der Waals surface area contributed by atoms with Gasteiger partial charge in [0.15, 0.2) is 0 Å². The van der Waals surface area contributed by atoms with Crippen molar-refractivity contribution in [2.24, 2.45) is 0 Å². The molecule has 0 aliphatic carbocycles. The first-order chi connectivity index (χ1) is 8.65. The number of nitro groups is 1. The van der Waals surface area contributed by atoms with Crippen molar-refractivity contribution in [3.8, 4) is 0 Å². The van der Waals surface area contributed by atoms with E-state index in [4.69, 9.17) is 4.74 Å². The van der Waals surface area contributed by atoms with Crippen LogP contribution >= 0.6 is 0 Å². The van der Waals surface area contributed by atoms with E-state index in [-0.39, 0.29) is 18.4 Å². The van der Waals surface area contributed by atoms with E-state index in [0.29, 0.717) is 5.56 Å². The molecule has 6 heteroatoms. The van der Waals surface area contributed by atoms with Crippen LogP contribution in [0.25, 0.3) is 0 Å². The van der Waals surface area contributed by atoms with Gasteiger partial charge in [0.05, 0.1) is 17.6 Å². The van der Waals surface area contributed by atoms with Crippen LogP contribution in [0.2, 0.25) is 0 Å². The largest absolute Gasteiger partial charge is 0.392 e. The van der Waals surface area contributed by atoms with Gasteiger partial charge in [0.1, 0.15) is 0 Å². The minimum atomic E-state index is -0.453. The number of hydrogen-bond donors (Lipinski definition) is 1. The molecule has 0 bridgehead atoms. The Hall–Kier alpha value is -1.66. The predicted molar refractivity (Wildman–Crippen MR) is 66.6 cm³/mol. The lowest BCUT2D eigenvalue weighted by molar-refractivity contribution is -0.384. The van der Waals surface area contributed by atoms with E-state index in [1.807, 2.05) is 0 Å². The molecule has 0 amide bonds. The molecule has 1 aromatic rings. The Balaban J connectivity index is 2.25. The van der Waals surface area contributed by atoms with Gasteiger partial charge in [-0.3, -0.25) is 10.1 Å². The van der Waals surface area contributed by atoms with E-state index in [1.54, 1.807) is 13.2 Å². The fourth-order valence-electron chi connectivity index (χ4n) is 2.26. The van der Waals surface area contributed by atoms with Gasteiger partial charge in [0, 0.05) is 43.6 Å². The van der Waals surface area contributed by atoms with Crippen LogP contribution < -0.4 is 4.90 Å². The molecule has 6 nitrogen and oxygen atoms in total. The van der Waals surface area contributed by atoms with Crippen LogP contribution in [0.15, 0.2) is 18.2 Å². The van der Waals surface area contributed by atoms with Crippen LogP contribution in [0.3, 0.4) is 0 Å².